The first kappa shape index (κ1) is 20.6. The molecule has 3 aromatic heterocycles. The smallest absolute Gasteiger partial charge is 0.434 e. The van der Waals surface area contributed by atoms with Crippen LogP contribution >= 0.6 is 11.6 Å². The van der Waals surface area contributed by atoms with Crippen molar-refractivity contribution in [3.05, 3.63) is 71.3 Å². The van der Waals surface area contributed by atoms with E-state index in [9.17, 15) is 18.0 Å². The first-order chi connectivity index (χ1) is 14.8. The fraction of sp³-hybridized carbons (Fsp3) is 0.100. The molecule has 11 heteroatoms. The molecule has 4 rings (SSSR count). The van der Waals surface area contributed by atoms with Gasteiger partial charge in [-0.15, -0.1) is 0 Å². The van der Waals surface area contributed by atoms with Crippen LogP contribution in [-0.4, -0.2) is 32.8 Å². The van der Waals surface area contributed by atoms with Crippen LogP contribution in [0.25, 0.3) is 16.6 Å². The number of pyridine rings is 2. The summed E-state index contributed by atoms with van der Waals surface area (Å²) in [6, 6.07) is 9.27. The number of rotatable bonds is 4. The van der Waals surface area contributed by atoms with Crippen LogP contribution < -0.4 is 10.1 Å². The van der Waals surface area contributed by atoms with Gasteiger partial charge in [0, 0.05) is 11.6 Å². The zero-order valence-electron chi connectivity index (χ0n) is 15.8. The van der Waals surface area contributed by atoms with E-state index in [1.54, 1.807) is 24.3 Å². The Morgan fingerprint density at radius 3 is 2.68 bits per heavy atom. The number of ether oxygens (including phenoxy) is 1. The molecule has 1 amide bonds. The molecule has 0 aliphatic carbocycles. The number of amides is 1. The third-order valence-electron chi connectivity index (χ3n) is 4.39. The number of hydrogen-bond acceptors (Lipinski definition) is 5. The molecular weight excluding hydrogens is 435 g/mol. The molecule has 1 N–H and O–H groups in total. The highest BCUT2D eigenvalue weighted by atomic mass is 35.5. The van der Waals surface area contributed by atoms with Gasteiger partial charge in [0.25, 0.3) is 5.91 Å². The minimum absolute atomic E-state index is 0.0929. The molecule has 0 fully saturated rings. The molecule has 4 aromatic rings. The largest absolute Gasteiger partial charge is 0.480 e. The highest BCUT2D eigenvalue weighted by Crippen LogP contribution is 2.35. The molecule has 0 saturated heterocycles. The second-order valence-electron chi connectivity index (χ2n) is 6.33. The summed E-state index contributed by atoms with van der Waals surface area (Å²) in [5, 5.41) is 6.76. The molecule has 1 aromatic carbocycles. The molecule has 31 heavy (non-hydrogen) atoms. The minimum atomic E-state index is -4.86. The predicted octanol–water partition coefficient (Wildman–Crippen LogP) is 4.75. The van der Waals surface area contributed by atoms with Crippen LogP contribution in [0.4, 0.5) is 18.9 Å². The summed E-state index contributed by atoms with van der Waals surface area (Å²) in [6.07, 6.45) is -1.24. The third kappa shape index (κ3) is 3.89. The van der Waals surface area contributed by atoms with Crippen LogP contribution in [0.1, 0.15) is 16.1 Å². The van der Waals surface area contributed by atoms with E-state index in [0.29, 0.717) is 15.6 Å². The van der Waals surface area contributed by atoms with E-state index in [1.807, 2.05) is 0 Å². The molecule has 3 heterocycles. The molecule has 0 aliphatic rings. The number of fused-ring (bicyclic) bond motifs is 1. The van der Waals surface area contributed by atoms with Gasteiger partial charge in [0.2, 0.25) is 5.88 Å². The topological polar surface area (TPSA) is 81.9 Å². The highest BCUT2D eigenvalue weighted by Gasteiger charge is 2.41. The van der Waals surface area contributed by atoms with Gasteiger partial charge in [0.15, 0.2) is 5.69 Å². The van der Waals surface area contributed by atoms with Gasteiger partial charge in [-0.1, -0.05) is 17.7 Å². The van der Waals surface area contributed by atoms with Gasteiger partial charge in [0.1, 0.15) is 5.02 Å². The lowest BCUT2D eigenvalue weighted by atomic mass is 10.1. The number of aromatic nitrogens is 4. The average molecular weight is 448 g/mol. The molecule has 0 saturated carbocycles. The number of anilines is 1. The van der Waals surface area contributed by atoms with Crippen LogP contribution in [0.3, 0.4) is 0 Å². The molecule has 7 nitrogen and oxygen atoms in total. The average Bonchev–Trinajstić information content (AvgIpc) is 3.19. The van der Waals surface area contributed by atoms with Crippen molar-refractivity contribution in [2.75, 3.05) is 12.4 Å². The molecule has 0 aliphatic heterocycles. The minimum Gasteiger partial charge on any atom is -0.480 e. The van der Waals surface area contributed by atoms with Crippen LogP contribution in [0.15, 0.2) is 55.0 Å². The van der Waals surface area contributed by atoms with Crippen LogP contribution in [0.2, 0.25) is 5.02 Å². The monoisotopic (exact) mass is 447 g/mol. The van der Waals surface area contributed by atoms with Crippen molar-refractivity contribution in [3.63, 3.8) is 0 Å². The van der Waals surface area contributed by atoms with E-state index >= 15 is 0 Å². The van der Waals surface area contributed by atoms with Crippen molar-refractivity contribution in [2.24, 2.45) is 0 Å². The van der Waals surface area contributed by atoms with E-state index in [0.717, 1.165) is 6.20 Å². The maximum Gasteiger partial charge on any atom is 0.434 e. The van der Waals surface area contributed by atoms with Crippen LogP contribution in [-0.2, 0) is 6.18 Å². The number of carbonyl (C=O) groups is 1. The first-order valence-electron chi connectivity index (χ1n) is 8.80. The first-order valence-corrected chi connectivity index (χ1v) is 9.17. The zero-order chi connectivity index (χ0) is 22.2. The molecule has 158 valence electrons. The Bertz CT molecular complexity index is 1280. The Hall–Kier alpha value is -3.66. The van der Waals surface area contributed by atoms with Gasteiger partial charge >= 0.3 is 6.18 Å². The zero-order valence-corrected chi connectivity index (χ0v) is 16.6. The highest BCUT2D eigenvalue weighted by molar-refractivity contribution is 6.32. The summed E-state index contributed by atoms with van der Waals surface area (Å²) in [7, 11) is 1.36. The van der Waals surface area contributed by atoms with Gasteiger partial charge in [-0.25, -0.2) is 9.67 Å². The van der Waals surface area contributed by atoms with Gasteiger partial charge in [-0.3, -0.25) is 9.78 Å². The number of hydrogen-bond donors (Lipinski definition) is 1. The SMILES string of the molecule is COc1ncc(NC(=O)c2cnn(-c3cccc4ncccc34)c2C(F)(F)F)cc1Cl. The number of halogens is 4. The second kappa shape index (κ2) is 7.88. The maximum absolute atomic E-state index is 14.0. The van der Waals surface area contributed by atoms with Crippen LogP contribution in [0.5, 0.6) is 5.88 Å². The van der Waals surface area contributed by atoms with Crippen molar-refractivity contribution in [1.82, 2.24) is 19.7 Å². The maximum atomic E-state index is 14.0. The van der Waals surface area contributed by atoms with Crippen molar-refractivity contribution in [1.29, 1.82) is 0 Å². The lowest BCUT2D eigenvalue weighted by Gasteiger charge is -2.14. The summed E-state index contributed by atoms with van der Waals surface area (Å²) < 4.78 is 47.6. The van der Waals surface area contributed by atoms with E-state index in [1.165, 1.54) is 31.6 Å². The van der Waals surface area contributed by atoms with Gasteiger partial charge in [-0.05, 0) is 30.3 Å². The fourth-order valence-electron chi connectivity index (χ4n) is 3.08. The normalized spacial score (nSPS) is 11.5. The fourth-order valence-corrected chi connectivity index (χ4v) is 3.33. The van der Waals surface area contributed by atoms with E-state index < -0.39 is 23.3 Å². The molecule has 0 atom stereocenters. The number of benzene rings is 1. The molecule has 0 unspecified atom stereocenters. The van der Waals surface area contributed by atoms with Crippen LogP contribution in [0, 0.1) is 0 Å². The molecular formula is C20H13ClF3N5O2. The van der Waals surface area contributed by atoms with Gasteiger partial charge in [-0.2, -0.15) is 18.3 Å². The summed E-state index contributed by atoms with van der Waals surface area (Å²) in [4.78, 5) is 20.7. The van der Waals surface area contributed by atoms with Gasteiger partial charge in [0.05, 0.1) is 42.0 Å². The second-order valence-corrected chi connectivity index (χ2v) is 6.74. The van der Waals surface area contributed by atoms with Crippen molar-refractivity contribution in [2.45, 2.75) is 6.18 Å². The van der Waals surface area contributed by atoms with Crippen molar-refractivity contribution < 1.29 is 22.7 Å². The Morgan fingerprint density at radius 2 is 1.97 bits per heavy atom. The predicted molar refractivity (Wildman–Crippen MR) is 108 cm³/mol. The summed E-state index contributed by atoms with van der Waals surface area (Å²) in [6.45, 7) is 0. The molecule has 0 bridgehead atoms. The van der Waals surface area contributed by atoms with Crippen molar-refractivity contribution in [3.8, 4) is 11.6 Å². The Morgan fingerprint density at radius 1 is 1.16 bits per heavy atom. The number of nitrogens with one attached hydrogen (secondary N) is 1. The summed E-state index contributed by atoms with van der Waals surface area (Å²) >= 11 is 5.96. The number of methoxy groups -OCH3 is 1. The number of alkyl halides is 3. The Kier molecular flexibility index (Phi) is 5.24. The summed E-state index contributed by atoms with van der Waals surface area (Å²) in [5.41, 5.74) is -1.13. The lowest BCUT2D eigenvalue weighted by Crippen LogP contribution is -2.21. The van der Waals surface area contributed by atoms with E-state index in [-0.39, 0.29) is 22.3 Å². The lowest BCUT2D eigenvalue weighted by molar-refractivity contribution is -0.143. The third-order valence-corrected chi connectivity index (χ3v) is 4.66. The van der Waals surface area contributed by atoms with Crippen molar-refractivity contribution >= 4 is 34.1 Å². The van der Waals surface area contributed by atoms with E-state index in [2.05, 4.69) is 20.4 Å². The molecule has 0 spiro atoms. The quantitative estimate of drug-likeness (QED) is 0.488. The Labute approximate surface area is 178 Å². The molecule has 0 radical (unpaired) electrons. The number of nitrogens with zero attached hydrogens (tertiary/aromatic N) is 4. The van der Waals surface area contributed by atoms with Gasteiger partial charge < -0.3 is 10.1 Å². The standard InChI is InChI=1S/C20H13ClF3N5O2/c1-31-19-14(21)8-11(9-26-19)28-18(30)13-10-27-29(17(13)20(22,23)24)16-6-2-5-15-12(16)4-3-7-25-15/h2-10H,1H3,(H,28,30). The van der Waals surface area contributed by atoms with E-state index in [4.69, 9.17) is 16.3 Å². The summed E-state index contributed by atoms with van der Waals surface area (Å²) in [5.74, 6) is -0.895. The number of carbonyl (C=O) groups excluding carboxylic acids is 1. The Balaban J connectivity index is 1.78.